The van der Waals surface area contributed by atoms with Crippen molar-refractivity contribution in [3.8, 4) is 0 Å². The number of carbonyl (C=O) groups is 1. The number of benzene rings is 2. The van der Waals surface area contributed by atoms with E-state index in [1.54, 1.807) is 13.0 Å². The molecule has 1 N–H and O–H groups in total. The van der Waals surface area contributed by atoms with E-state index in [2.05, 4.69) is 56.6 Å². The molecule has 0 saturated carbocycles. The van der Waals surface area contributed by atoms with Gasteiger partial charge < -0.3 is 13.9 Å². The molecule has 0 aliphatic carbocycles. The molecule has 1 fully saturated rings. The van der Waals surface area contributed by atoms with Crippen molar-refractivity contribution in [2.75, 3.05) is 13.2 Å². The molecule has 1 aliphatic rings. The van der Waals surface area contributed by atoms with Crippen molar-refractivity contribution in [2.45, 2.75) is 57.1 Å². The molecule has 0 bridgehead atoms. The van der Waals surface area contributed by atoms with Gasteiger partial charge in [0.15, 0.2) is 11.9 Å². The van der Waals surface area contributed by atoms with E-state index in [-0.39, 0.29) is 24.7 Å². The molecule has 206 valence electrons. The van der Waals surface area contributed by atoms with Crippen LogP contribution in [-0.2, 0) is 18.7 Å². The first-order valence-corrected chi connectivity index (χ1v) is 14.9. The summed E-state index contributed by atoms with van der Waals surface area (Å²) < 4.78 is 20.7. The largest absolute Gasteiger partial charge is 0.404 e. The molecule has 9 heteroatoms. The summed E-state index contributed by atoms with van der Waals surface area (Å²) in [4.78, 5) is 39.8. The molecule has 1 saturated heterocycles. The summed E-state index contributed by atoms with van der Waals surface area (Å²) in [5.41, 5.74) is -2.23. The van der Waals surface area contributed by atoms with Crippen molar-refractivity contribution >= 4 is 25.0 Å². The molecular weight excluding hydrogens is 512 g/mol. The molecule has 8 nitrogen and oxygen atoms in total. The van der Waals surface area contributed by atoms with Gasteiger partial charge in [-0.3, -0.25) is 19.1 Å². The summed E-state index contributed by atoms with van der Waals surface area (Å²) in [5.74, 6) is 0. The zero-order chi connectivity index (χ0) is 28.3. The van der Waals surface area contributed by atoms with Crippen LogP contribution >= 0.6 is 0 Å². The van der Waals surface area contributed by atoms with Crippen LogP contribution in [0.5, 0.6) is 0 Å². The fraction of sp³-hybridized carbons (Fsp3) is 0.367. The van der Waals surface area contributed by atoms with E-state index in [4.69, 9.17) is 13.9 Å². The number of carbonyl (C=O) groups excluding carboxylic acids is 1. The molecule has 0 spiro atoms. The maximum atomic E-state index is 12.9. The van der Waals surface area contributed by atoms with E-state index in [0.29, 0.717) is 5.56 Å². The maximum Gasteiger partial charge on any atom is 0.330 e. The Morgan fingerprint density at radius 2 is 1.69 bits per heavy atom. The monoisotopic (exact) mass is 548 g/mol. The summed E-state index contributed by atoms with van der Waals surface area (Å²) in [5, 5.41) is 1.81. The van der Waals surface area contributed by atoms with Crippen LogP contribution in [-0.4, -0.2) is 49.1 Å². The maximum absolute atomic E-state index is 12.9. The van der Waals surface area contributed by atoms with Crippen LogP contribution in [0.3, 0.4) is 0 Å². The normalized spacial score (nSPS) is 21.5. The van der Waals surface area contributed by atoms with E-state index >= 15 is 0 Å². The summed E-state index contributed by atoms with van der Waals surface area (Å²) in [6.07, 6.45) is 2.43. The zero-order valence-corrected chi connectivity index (χ0v) is 23.9. The third-order valence-corrected chi connectivity index (χ3v) is 12.3. The number of nitrogens with zero attached hydrogens (tertiary/aromatic N) is 1. The summed E-state index contributed by atoms with van der Waals surface area (Å²) in [6.45, 7) is 11.9. The molecular formula is C30H36N2O6Si. The van der Waals surface area contributed by atoms with E-state index < -0.39 is 37.5 Å². The predicted molar refractivity (Wildman–Crippen MR) is 153 cm³/mol. The number of ether oxygens (including phenoxy) is 2. The molecule has 0 radical (unpaired) electrons. The van der Waals surface area contributed by atoms with E-state index in [0.717, 1.165) is 16.7 Å². The number of rotatable bonds is 10. The Kier molecular flexibility index (Phi) is 8.36. The minimum Gasteiger partial charge on any atom is -0.404 e. The fourth-order valence-corrected chi connectivity index (χ4v) is 9.97. The van der Waals surface area contributed by atoms with Gasteiger partial charge in [0, 0.05) is 18.2 Å². The van der Waals surface area contributed by atoms with Crippen molar-refractivity contribution in [1.29, 1.82) is 0 Å². The molecule has 39 heavy (non-hydrogen) atoms. The van der Waals surface area contributed by atoms with Crippen LogP contribution in [0.1, 0.15) is 39.0 Å². The lowest BCUT2D eigenvalue weighted by Gasteiger charge is -2.44. The van der Waals surface area contributed by atoms with E-state index in [1.165, 1.54) is 10.8 Å². The fourth-order valence-electron chi connectivity index (χ4n) is 5.37. The van der Waals surface area contributed by atoms with Crippen LogP contribution in [0.2, 0.25) is 5.04 Å². The number of aromatic nitrogens is 2. The molecule has 1 aromatic heterocycles. The number of nitrogens with one attached hydrogen (secondary N) is 1. The Balaban J connectivity index is 1.79. The Morgan fingerprint density at radius 3 is 2.21 bits per heavy atom. The topological polar surface area (TPSA) is 99.6 Å². The number of hydrogen-bond donors (Lipinski definition) is 1. The third kappa shape index (κ3) is 5.40. The average Bonchev–Trinajstić information content (AvgIpc) is 3.29. The first-order valence-electron chi connectivity index (χ1n) is 13.0. The van der Waals surface area contributed by atoms with Gasteiger partial charge in [0.05, 0.1) is 13.2 Å². The lowest BCUT2D eigenvalue weighted by atomic mass is 9.99. The van der Waals surface area contributed by atoms with Crippen molar-refractivity contribution in [2.24, 2.45) is 0 Å². The van der Waals surface area contributed by atoms with Gasteiger partial charge in [-0.1, -0.05) is 87.5 Å². The standard InChI is InChI=1S/C30H36N2O6Si/c1-6-17-36-25-18-26(32-19-22(2)27(34)31-28(32)35)38-30(25,20-33)21-37-39(29(3,4)5,23-13-9-7-10-14-23)24-15-11-8-12-16-24/h6-16,19-20,25-26H,1,17-18,21H2,2-5H3,(H,31,34,35)/t25-,26+,30+/m0/s1. The highest BCUT2D eigenvalue weighted by Crippen LogP contribution is 2.41. The number of H-pyrrole nitrogens is 1. The Labute approximate surface area is 229 Å². The summed E-state index contributed by atoms with van der Waals surface area (Å²) >= 11 is 0. The van der Waals surface area contributed by atoms with Gasteiger partial charge in [0.2, 0.25) is 0 Å². The quantitative estimate of drug-likeness (QED) is 0.238. The molecule has 2 aromatic carbocycles. The first-order chi connectivity index (χ1) is 18.6. The van der Waals surface area contributed by atoms with Crippen LogP contribution in [0, 0.1) is 6.92 Å². The van der Waals surface area contributed by atoms with E-state index in [1.807, 2.05) is 36.4 Å². The van der Waals surface area contributed by atoms with E-state index in [9.17, 15) is 14.4 Å². The second kappa shape index (κ2) is 11.4. The van der Waals surface area contributed by atoms with Crippen molar-refractivity contribution in [3.63, 3.8) is 0 Å². The minimum atomic E-state index is -3.00. The highest BCUT2D eigenvalue weighted by Gasteiger charge is 2.56. The van der Waals surface area contributed by atoms with Gasteiger partial charge in [-0.05, 0) is 22.3 Å². The van der Waals surface area contributed by atoms with Gasteiger partial charge in [-0.25, -0.2) is 4.79 Å². The van der Waals surface area contributed by atoms with Crippen LogP contribution < -0.4 is 21.6 Å². The average molecular weight is 549 g/mol. The molecule has 3 aromatic rings. The van der Waals surface area contributed by atoms with Gasteiger partial charge in [-0.15, -0.1) is 6.58 Å². The predicted octanol–water partition coefficient (Wildman–Crippen LogP) is 2.85. The highest BCUT2D eigenvalue weighted by atomic mass is 28.4. The minimum absolute atomic E-state index is 0.0842. The number of hydrogen-bond acceptors (Lipinski definition) is 6. The van der Waals surface area contributed by atoms with Crippen LogP contribution in [0.4, 0.5) is 0 Å². The summed E-state index contributed by atoms with van der Waals surface area (Å²) in [6, 6.07) is 20.2. The van der Waals surface area contributed by atoms with Crippen LogP contribution in [0.25, 0.3) is 0 Å². The second-order valence-corrected chi connectivity index (χ2v) is 15.2. The first kappa shape index (κ1) is 28.6. The Bertz CT molecular complexity index is 1370. The molecule has 2 heterocycles. The van der Waals surface area contributed by atoms with Gasteiger partial charge in [0.1, 0.15) is 12.3 Å². The Morgan fingerprint density at radius 1 is 1.10 bits per heavy atom. The highest BCUT2D eigenvalue weighted by molar-refractivity contribution is 6.99. The lowest BCUT2D eigenvalue weighted by molar-refractivity contribution is -0.154. The smallest absolute Gasteiger partial charge is 0.330 e. The van der Waals surface area contributed by atoms with Gasteiger partial charge in [-0.2, -0.15) is 0 Å². The van der Waals surface area contributed by atoms with Crippen molar-refractivity contribution in [3.05, 3.63) is 106 Å². The number of aromatic amines is 1. The Hall–Kier alpha value is -3.37. The third-order valence-electron chi connectivity index (χ3n) is 7.32. The SMILES string of the molecule is C=CCO[C@H]1C[C@H](n2cc(C)c(=O)[nH]c2=O)O[C@]1(C=O)CO[Si](c1ccccc1)(c1ccccc1)C(C)(C)C. The molecule has 0 unspecified atom stereocenters. The second-order valence-electron chi connectivity index (χ2n) is 10.9. The molecule has 1 aliphatic heterocycles. The number of aryl methyl sites for hydroxylation is 1. The zero-order valence-electron chi connectivity index (χ0n) is 22.9. The number of aldehydes is 1. The molecule has 4 rings (SSSR count). The lowest BCUT2D eigenvalue weighted by Crippen LogP contribution is -2.68. The molecule has 0 amide bonds. The van der Waals surface area contributed by atoms with Gasteiger partial charge in [0.25, 0.3) is 13.9 Å². The summed E-state index contributed by atoms with van der Waals surface area (Å²) in [7, 11) is -3.00. The van der Waals surface area contributed by atoms with Gasteiger partial charge >= 0.3 is 5.69 Å². The van der Waals surface area contributed by atoms with Crippen molar-refractivity contribution in [1.82, 2.24) is 9.55 Å². The molecule has 3 atom stereocenters. The van der Waals surface area contributed by atoms with Crippen LogP contribution in [0.15, 0.2) is 89.1 Å². The van der Waals surface area contributed by atoms with Crippen molar-refractivity contribution < 1.29 is 18.7 Å².